The van der Waals surface area contributed by atoms with E-state index in [9.17, 15) is 4.79 Å². The third-order valence-corrected chi connectivity index (χ3v) is 4.11. The molecular weight excluding hydrogens is 298 g/mol. The highest BCUT2D eigenvalue weighted by Crippen LogP contribution is 2.24. The van der Waals surface area contributed by atoms with Crippen LogP contribution in [0.2, 0.25) is 0 Å². The maximum atomic E-state index is 12.3. The van der Waals surface area contributed by atoms with Crippen LogP contribution in [-0.4, -0.2) is 15.5 Å². The van der Waals surface area contributed by atoms with Crippen molar-refractivity contribution in [2.24, 2.45) is 0 Å². The molecule has 1 amide bonds. The molecule has 124 valence electrons. The van der Waals surface area contributed by atoms with E-state index in [0.29, 0.717) is 6.42 Å². The second-order valence-corrected chi connectivity index (χ2v) is 6.37. The molecule has 0 saturated heterocycles. The van der Waals surface area contributed by atoms with E-state index in [4.69, 9.17) is 4.98 Å². The molecule has 3 aromatic rings. The molecule has 0 spiro atoms. The second-order valence-electron chi connectivity index (χ2n) is 6.37. The number of aromatic nitrogens is 2. The average molecular weight is 321 g/mol. The number of para-hydroxylation sites is 2. The molecule has 24 heavy (non-hydrogen) atoms. The standard InChI is InChI=1S/C20H23N3O/c1-14(2)23-18-12-8-7-11-17(18)22-20(23)15(3)21-19(24)13-16-9-5-4-6-10-16/h4-12,14-15H,13H2,1-3H3,(H,21,24). The molecule has 1 atom stereocenters. The van der Waals surface area contributed by atoms with Crippen LogP contribution in [0.3, 0.4) is 0 Å². The smallest absolute Gasteiger partial charge is 0.224 e. The Balaban J connectivity index is 1.82. The van der Waals surface area contributed by atoms with Gasteiger partial charge in [0.15, 0.2) is 0 Å². The molecule has 0 aliphatic heterocycles. The molecule has 4 heteroatoms. The molecule has 0 saturated carbocycles. The highest BCUT2D eigenvalue weighted by molar-refractivity contribution is 5.79. The number of benzene rings is 2. The Kier molecular flexibility index (Phi) is 4.65. The van der Waals surface area contributed by atoms with Gasteiger partial charge in [0.25, 0.3) is 0 Å². The number of fused-ring (bicyclic) bond motifs is 1. The molecule has 2 aromatic carbocycles. The summed E-state index contributed by atoms with van der Waals surface area (Å²) < 4.78 is 2.20. The van der Waals surface area contributed by atoms with Gasteiger partial charge in [-0.1, -0.05) is 42.5 Å². The van der Waals surface area contributed by atoms with Crippen LogP contribution in [0.1, 0.15) is 44.2 Å². The molecule has 1 unspecified atom stereocenters. The van der Waals surface area contributed by atoms with Gasteiger partial charge in [-0.05, 0) is 38.5 Å². The lowest BCUT2D eigenvalue weighted by molar-refractivity contribution is -0.121. The maximum absolute atomic E-state index is 12.3. The molecule has 1 N–H and O–H groups in total. The van der Waals surface area contributed by atoms with Crippen molar-refractivity contribution < 1.29 is 4.79 Å². The van der Waals surface area contributed by atoms with Gasteiger partial charge in [-0.2, -0.15) is 0 Å². The highest BCUT2D eigenvalue weighted by atomic mass is 16.1. The molecule has 0 bridgehead atoms. The Morgan fingerprint density at radius 1 is 1.04 bits per heavy atom. The Morgan fingerprint density at radius 3 is 2.42 bits per heavy atom. The first-order chi connectivity index (χ1) is 11.6. The number of nitrogens with zero attached hydrogens (tertiary/aromatic N) is 2. The predicted molar refractivity (Wildman–Crippen MR) is 96.8 cm³/mol. The van der Waals surface area contributed by atoms with Crippen molar-refractivity contribution >= 4 is 16.9 Å². The first-order valence-electron chi connectivity index (χ1n) is 8.36. The van der Waals surface area contributed by atoms with Crippen LogP contribution in [0.15, 0.2) is 54.6 Å². The fraction of sp³-hybridized carbons (Fsp3) is 0.300. The lowest BCUT2D eigenvalue weighted by Gasteiger charge is -2.18. The van der Waals surface area contributed by atoms with E-state index in [1.54, 1.807) is 0 Å². The van der Waals surface area contributed by atoms with Gasteiger partial charge in [-0.15, -0.1) is 0 Å². The van der Waals surface area contributed by atoms with Gasteiger partial charge < -0.3 is 9.88 Å². The van der Waals surface area contributed by atoms with Crippen molar-refractivity contribution in [1.29, 1.82) is 0 Å². The fourth-order valence-corrected chi connectivity index (χ4v) is 3.05. The largest absolute Gasteiger partial charge is 0.346 e. The third-order valence-electron chi connectivity index (χ3n) is 4.11. The van der Waals surface area contributed by atoms with E-state index in [1.165, 1.54) is 0 Å². The van der Waals surface area contributed by atoms with E-state index in [-0.39, 0.29) is 18.0 Å². The Hall–Kier alpha value is -2.62. The predicted octanol–water partition coefficient (Wildman–Crippen LogP) is 4.04. The lowest BCUT2D eigenvalue weighted by atomic mass is 10.1. The summed E-state index contributed by atoms with van der Waals surface area (Å²) in [5.74, 6) is 0.906. The average Bonchev–Trinajstić information content (AvgIpc) is 2.95. The van der Waals surface area contributed by atoms with Gasteiger partial charge >= 0.3 is 0 Å². The summed E-state index contributed by atoms with van der Waals surface area (Å²) in [7, 11) is 0. The minimum Gasteiger partial charge on any atom is -0.346 e. The van der Waals surface area contributed by atoms with Crippen molar-refractivity contribution in [2.45, 2.75) is 39.3 Å². The number of hydrogen-bond donors (Lipinski definition) is 1. The summed E-state index contributed by atoms with van der Waals surface area (Å²) in [4.78, 5) is 17.1. The van der Waals surface area contributed by atoms with Crippen LogP contribution < -0.4 is 5.32 Å². The number of nitrogens with one attached hydrogen (secondary N) is 1. The van der Waals surface area contributed by atoms with Gasteiger partial charge in [0.1, 0.15) is 5.82 Å². The number of carbonyl (C=O) groups is 1. The number of carbonyl (C=O) groups excluding carboxylic acids is 1. The lowest BCUT2D eigenvalue weighted by Crippen LogP contribution is -2.30. The minimum absolute atomic E-state index is 0.0102. The number of rotatable bonds is 5. The summed E-state index contributed by atoms with van der Waals surface area (Å²) >= 11 is 0. The highest BCUT2D eigenvalue weighted by Gasteiger charge is 2.19. The summed E-state index contributed by atoms with van der Waals surface area (Å²) in [6, 6.07) is 18.0. The molecule has 4 nitrogen and oxygen atoms in total. The molecule has 1 heterocycles. The van der Waals surface area contributed by atoms with Gasteiger partial charge in [0, 0.05) is 6.04 Å². The molecule has 0 aliphatic carbocycles. The fourth-order valence-electron chi connectivity index (χ4n) is 3.05. The van der Waals surface area contributed by atoms with Gasteiger partial charge in [0.05, 0.1) is 23.5 Å². The SMILES string of the molecule is CC(NC(=O)Cc1ccccc1)c1nc2ccccc2n1C(C)C. The Bertz CT molecular complexity index is 836. The molecule has 0 radical (unpaired) electrons. The summed E-state index contributed by atoms with van der Waals surface area (Å²) in [6.07, 6.45) is 0.382. The zero-order valence-electron chi connectivity index (χ0n) is 14.4. The first kappa shape index (κ1) is 16.2. The zero-order valence-corrected chi connectivity index (χ0v) is 14.4. The van der Waals surface area contributed by atoms with E-state index in [0.717, 1.165) is 22.4 Å². The van der Waals surface area contributed by atoms with Crippen LogP contribution in [0.25, 0.3) is 11.0 Å². The molecule has 1 aromatic heterocycles. The van der Waals surface area contributed by atoms with Crippen LogP contribution in [0, 0.1) is 0 Å². The van der Waals surface area contributed by atoms with Crippen LogP contribution in [0.5, 0.6) is 0 Å². The van der Waals surface area contributed by atoms with E-state index >= 15 is 0 Å². The van der Waals surface area contributed by atoms with Crippen molar-refractivity contribution in [3.63, 3.8) is 0 Å². The van der Waals surface area contributed by atoms with E-state index < -0.39 is 0 Å². The number of amides is 1. The van der Waals surface area contributed by atoms with Crippen LogP contribution >= 0.6 is 0 Å². The summed E-state index contributed by atoms with van der Waals surface area (Å²) in [5.41, 5.74) is 3.08. The molecule has 3 rings (SSSR count). The van der Waals surface area contributed by atoms with E-state index in [2.05, 4.69) is 29.8 Å². The van der Waals surface area contributed by atoms with Crippen LogP contribution in [-0.2, 0) is 11.2 Å². The normalized spacial score (nSPS) is 12.5. The van der Waals surface area contributed by atoms with Gasteiger partial charge in [-0.25, -0.2) is 4.98 Å². The van der Waals surface area contributed by atoms with E-state index in [1.807, 2.05) is 55.5 Å². The molecule has 0 fully saturated rings. The Morgan fingerprint density at radius 2 is 1.71 bits per heavy atom. The number of hydrogen-bond acceptors (Lipinski definition) is 2. The van der Waals surface area contributed by atoms with Crippen molar-refractivity contribution in [3.05, 3.63) is 66.0 Å². The second kappa shape index (κ2) is 6.87. The number of imidazole rings is 1. The monoisotopic (exact) mass is 321 g/mol. The quantitative estimate of drug-likeness (QED) is 0.771. The van der Waals surface area contributed by atoms with Crippen molar-refractivity contribution in [1.82, 2.24) is 14.9 Å². The Labute approximate surface area is 142 Å². The minimum atomic E-state index is -0.143. The van der Waals surface area contributed by atoms with Gasteiger partial charge in [0.2, 0.25) is 5.91 Å². The summed E-state index contributed by atoms with van der Waals surface area (Å²) in [6.45, 7) is 6.26. The van der Waals surface area contributed by atoms with Crippen LogP contribution in [0.4, 0.5) is 0 Å². The first-order valence-corrected chi connectivity index (χ1v) is 8.36. The zero-order chi connectivity index (χ0) is 17.1. The van der Waals surface area contributed by atoms with Gasteiger partial charge in [-0.3, -0.25) is 4.79 Å². The van der Waals surface area contributed by atoms with Crippen molar-refractivity contribution in [2.75, 3.05) is 0 Å². The topological polar surface area (TPSA) is 46.9 Å². The third kappa shape index (κ3) is 3.32. The summed E-state index contributed by atoms with van der Waals surface area (Å²) in [5, 5.41) is 3.08. The molecular formula is C20H23N3O. The maximum Gasteiger partial charge on any atom is 0.224 e. The van der Waals surface area contributed by atoms with Crippen molar-refractivity contribution in [3.8, 4) is 0 Å². The molecule has 0 aliphatic rings.